The van der Waals surface area contributed by atoms with E-state index in [1.165, 1.54) is 5.56 Å². The summed E-state index contributed by atoms with van der Waals surface area (Å²) in [5.41, 5.74) is 7.69. The molecule has 0 fully saturated rings. The summed E-state index contributed by atoms with van der Waals surface area (Å²) in [6.45, 7) is 8.47. The minimum Gasteiger partial charge on any atom is -0.327 e. The molecule has 2 unspecified atom stereocenters. The fourth-order valence-corrected chi connectivity index (χ4v) is 3.33. The third-order valence-electron chi connectivity index (χ3n) is 4.44. The Balaban J connectivity index is 2.37. The van der Waals surface area contributed by atoms with Crippen LogP contribution in [0.5, 0.6) is 0 Å². The van der Waals surface area contributed by atoms with Crippen LogP contribution in [0.4, 0.5) is 0 Å². The lowest BCUT2D eigenvalue weighted by molar-refractivity contribution is -0.116. The molecule has 0 amide bonds. The maximum atomic E-state index is 11.8. The van der Waals surface area contributed by atoms with Gasteiger partial charge in [-0.15, -0.1) is 0 Å². The van der Waals surface area contributed by atoms with E-state index >= 15 is 0 Å². The average molecular weight is 364 g/mol. The van der Waals surface area contributed by atoms with Gasteiger partial charge in [-0.05, 0) is 60.8 Å². The average Bonchev–Trinajstić information content (AvgIpc) is 2.49. The van der Waals surface area contributed by atoms with Crippen molar-refractivity contribution in [3.63, 3.8) is 0 Å². The number of hydrogen-bond donors (Lipinski definition) is 1. The first-order chi connectivity index (χ1) is 11.7. The van der Waals surface area contributed by atoms with Crippen molar-refractivity contribution >= 4 is 17.4 Å². The predicted octanol–water partition coefficient (Wildman–Crippen LogP) is 5.97. The highest BCUT2D eigenvalue weighted by Crippen LogP contribution is 2.21. The molecule has 0 saturated carbocycles. The molecule has 0 spiro atoms. The predicted molar refractivity (Wildman–Crippen MR) is 109 cm³/mol. The lowest BCUT2D eigenvalue weighted by Gasteiger charge is -2.22. The summed E-state index contributed by atoms with van der Waals surface area (Å²) in [7, 11) is 0. The van der Waals surface area contributed by atoms with Crippen molar-refractivity contribution in [2.24, 2.45) is 17.1 Å². The fraction of sp³-hybridized carbons (Fsp3) is 0.591. The van der Waals surface area contributed by atoms with Crippen LogP contribution in [-0.2, 0) is 11.2 Å². The lowest BCUT2D eigenvalue weighted by atomic mass is 9.88. The van der Waals surface area contributed by atoms with Crippen molar-refractivity contribution in [3.8, 4) is 0 Å². The number of unbranched alkanes of at least 4 members (excludes halogenated alkanes) is 1. The van der Waals surface area contributed by atoms with Gasteiger partial charge in [0.15, 0.2) is 5.78 Å². The van der Waals surface area contributed by atoms with Crippen LogP contribution in [0.25, 0.3) is 0 Å². The third-order valence-corrected chi connectivity index (χ3v) is 4.68. The van der Waals surface area contributed by atoms with Gasteiger partial charge >= 0.3 is 0 Å². The molecule has 3 heteroatoms. The minimum absolute atomic E-state index is 0.0574. The first-order valence-electron chi connectivity index (χ1n) is 9.40. The standard InChI is InChI=1S/C22H34ClNO/c1-5-18(21(24)15-17-10-9-12-19(23)14-17)11-7-6-8-13-20(25)16-22(2,3)4/h8-10,12-14,18,21H,5-7,11,15-16,24H2,1-4H3/b13-8-. The topological polar surface area (TPSA) is 43.1 Å². The van der Waals surface area contributed by atoms with Gasteiger partial charge in [-0.1, -0.05) is 63.9 Å². The monoisotopic (exact) mass is 363 g/mol. The van der Waals surface area contributed by atoms with Crippen LogP contribution in [0.3, 0.4) is 0 Å². The molecule has 1 aromatic carbocycles. The van der Waals surface area contributed by atoms with Gasteiger partial charge in [0.1, 0.15) is 0 Å². The molecule has 0 saturated heterocycles. The Bertz CT molecular complexity index is 559. The van der Waals surface area contributed by atoms with Crippen molar-refractivity contribution in [3.05, 3.63) is 47.0 Å². The van der Waals surface area contributed by atoms with Gasteiger partial charge < -0.3 is 5.73 Å². The van der Waals surface area contributed by atoms with E-state index in [0.29, 0.717) is 12.3 Å². The second-order valence-corrected chi connectivity index (χ2v) is 8.64. The number of nitrogens with two attached hydrogens (primary N) is 1. The maximum absolute atomic E-state index is 11.8. The van der Waals surface area contributed by atoms with Crippen LogP contribution >= 0.6 is 11.6 Å². The quantitative estimate of drug-likeness (QED) is 0.411. The van der Waals surface area contributed by atoms with Gasteiger partial charge in [0.2, 0.25) is 0 Å². The Hall–Kier alpha value is -1.12. The molecule has 1 rings (SSSR count). The van der Waals surface area contributed by atoms with E-state index in [1.807, 2.05) is 24.3 Å². The van der Waals surface area contributed by atoms with Crippen molar-refractivity contribution in [1.82, 2.24) is 0 Å². The van der Waals surface area contributed by atoms with Crippen molar-refractivity contribution < 1.29 is 4.79 Å². The Morgan fingerprint density at radius 2 is 2.04 bits per heavy atom. The highest BCUT2D eigenvalue weighted by molar-refractivity contribution is 6.30. The van der Waals surface area contributed by atoms with Crippen molar-refractivity contribution in [1.29, 1.82) is 0 Å². The number of carbonyl (C=O) groups is 1. The van der Waals surface area contributed by atoms with E-state index in [4.69, 9.17) is 17.3 Å². The van der Waals surface area contributed by atoms with Crippen LogP contribution in [0, 0.1) is 11.3 Å². The lowest BCUT2D eigenvalue weighted by Crippen LogP contribution is -2.32. The Morgan fingerprint density at radius 1 is 1.32 bits per heavy atom. The van der Waals surface area contributed by atoms with Gasteiger partial charge in [-0.25, -0.2) is 0 Å². The molecular weight excluding hydrogens is 330 g/mol. The van der Waals surface area contributed by atoms with E-state index in [1.54, 1.807) is 6.08 Å². The highest BCUT2D eigenvalue weighted by Gasteiger charge is 2.16. The smallest absolute Gasteiger partial charge is 0.155 e. The van der Waals surface area contributed by atoms with E-state index in [-0.39, 0.29) is 17.2 Å². The van der Waals surface area contributed by atoms with Gasteiger partial charge in [0.25, 0.3) is 0 Å². The first-order valence-corrected chi connectivity index (χ1v) is 9.78. The second-order valence-electron chi connectivity index (χ2n) is 8.20. The van der Waals surface area contributed by atoms with Crippen molar-refractivity contribution in [2.75, 3.05) is 0 Å². The van der Waals surface area contributed by atoms with Crippen molar-refractivity contribution in [2.45, 2.75) is 72.3 Å². The highest BCUT2D eigenvalue weighted by atomic mass is 35.5. The van der Waals surface area contributed by atoms with Gasteiger partial charge in [0.05, 0.1) is 0 Å². The molecule has 0 bridgehead atoms. The molecule has 1 aromatic rings. The SMILES string of the molecule is CCC(CCC/C=C\C(=O)CC(C)(C)C)C(N)Cc1cccc(Cl)c1. The van der Waals surface area contributed by atoms with Crippen LogP contribution in [0.15, 0.2) is 36.4 Å². The molecule has 0 heterocycles. The summed E-state index contributed by atoms with van der Waals surface area (Å²) in [5, 5.41) is 0.766. The molecule has 2 nitrogen and oxygen atoms in total. The molecule has 140 valence electrons. The summed E-state index contributed by atoms with van der Waals surface area (Å²) >= 11 is 6.05. The molecule has 2 atom stereocenters. The molecule has 0 radical (unpaired) electrons. The molecule has 0 aliphatic rings. The zero-order valence-corrected chi connectivity index (χ0v) is 17.0. The number of ketones is 1. The van der Waals surface area contributed by atoms with Crippen LogP contribution in [-0.4, -0.2) is 11.8 Å². The molecule has 2 N–H and O–H groups in total. The molecule has 0 aromatic heterocycles. The normalized spacial score (nSPS) is 14.6. The number of benzene rings is 1. The minimum atomic E-state index is 0.0574. The molecule has 25 heavy (non-hydrogen) atoms. The fourth-order valence-electron chi connectivity index (χ4n) is 3.12. The number of hydrogen-bond acceptors (Lipinski definition) is 2. The van der Waals surface area contributed by atoms with E-state index in [9.17, 15) is 4.79 Å². The van der Waals surface area contributed by atoms with Gasteiger partial charge in [-0.3, -0.25) is 4.79 Å². The first kappa shape index (κ1) is 21.9. The van der Waals surface area contributed by atoms with E-state index < -0.39 is 0 Å². The van der Waals surface area contributed by atoms with E-state index in [2.05, 4.69) is 33.8 Å². The van der Waals surface area contributed by atoms with E-state index in [0.717, 1.165) is 37.1 Å². The second kappa shape index (κ2) is 10.8. The number of carbonyl (C=O) groups excluding carboxylic acids is 1. The number of rotatable bonds is 10. The third kappa shape index (κ3) is 9.81. The van der Waals surface area contributed by atoms with Gasteiger partial charge in [0, 0.05) is 17.5 Å². The Morgan fingerprint density at radius 3 is 2.64 bits per heavy atom. The van der Waals surface area contributed by atoms with Crippen LogP contribution in [0.2, 0.25) is 5.02 Å². The summed E-state index contributed by atoms with van der Waals surface area (Å²) < 4.78 is 0. The largest absolute Gasteiger partial charge is 0.327 e. The van der Waals surface area contributed by atoms with Crippen LogP contribution < -0.4 is 5.73 Å². The number of allylic oxidation sites excluding steroid dienone is 2. The molecule has 0 aliphatic carbocycles. The van der Waals surface area contributed by atoms with Crippen LogP contribution in [0.1, 0.15) is 65.4 Å². The summed E-state index contributed by atoms with van der Waals surface area (Å²) in [5.74, 6) is 0.717. The molecule has 0 aliphatic heterocycles. The Labute approximate surface area is 158 Å². The van der Waals surface area contributed by atoms with Gasteiger partial charge in [-0.2, -0.15) is 0 Å². The summed E-state index contributed by atoms with van der Waals surface area (Å²) in [6, 6.07) is 8.10. The summed E-state index contributed by atoms with van der Waals surface area (Å²) in [4.78, 5) is 11.8. The molecular formula is C22H34ClNO. The Kier molecular flexibility index (Phi) is 9.45. The summed E-state index contributed by atoms with van der Waals surface area (Å²) in [6.07, 6.45) is 9.41. The maximum Gasteiger partial charge on any atom is 0.155 e. The zero-order valence-electron chi connectivity index (χ0n) is 16.2. The number of halogens is 1. The zero-order chi connectivity index (χ0) is 18.9.